The number of aryl methyl sites for hydroxylation is 1. The van der Waals surface area contributed by atoms with Gasteiger partial charge in [0.2, 0.25) is 10.0 Å². The third kappa shape index (κ3) is 4.71. The maximum Gasteiger partial charge on any atom is 0.269 e. The predicted octanol–water partition coefficient (Wildman–Crippen LogP) is 2.84. The van der Waals surface area contributed by atoms with Gasteiger partial charge in [-0.2, -0.15) is 5.10 Å². The molecule has 0 atom stereocenters. The highest BCUT2D eigenvalue weighted by atomic mass is 35.5. The number of nitrogens with zero attached hydrogens (tertiary/aromatic N) is 2. The fourth-order valence-corrected chi connectivity index (χ4v) is 6.18. The molecule has 1 heterocycles. The van der Waals surface area contributed by atoms with Crippen LogP contribution in [0.5, 0.6) is 0 Å². The molecule has 190 valence electrons. The first kappa shape index (κ1) is 25.0. The molecule has 5 N–H and O–H groups in total. The summed E-state index contributed by atoms with van der Waals surface area (Å²) in [5.74, 6) is -0.711. The highest BCUT2D eigenvalue weighted by molar-refractivity contribution is 7.92. The lowest BCUT2D eigenvalue weighted by Gasteiger charge is -2.20. The predicted molar refractivity (Wildman–Crippen MR) is 139 cm³/mol. The van der Waals surface area contributed by atoms with Gasteiger partial charge in [0.05, 0.1) is 21.2 Å². The molecule has 0 aliphatic heterocycles. The average molecular weight is 558 g/mol. The van der Waals surface area contributed by atoms with Crippen molar-refractivity contribution in [3.05, 3.63) is 88.6 Å². The summed E-state index contributed by atoms with van der Waals surface area (Å²) in [4.78, 5) is 12.1. The Morgan fingerprint density at radius 3 is 2.32 bits per heavy atom. The van der Waals surface area contributed by atoms with Gasteiger partial charge in [0.25, 0.3) is 15.9 Å². The topological polar surface area (TPSA) is 167 Å². The molecule has 0 saturated carbocycles. The van der Waals surface area contributed by atoms with Crippen molar-refractivity contribution in [3.63, 3.8) is 0 Å². The van der Waals surface area contributed by atoms with Gasteiger partial charge in [-0.1, -0.05) is 23.7 Å². The molecular formula is C24H20ClN5O5S2. The number of hydrogen-bond acceptors (Lipinski definition) is 6. The number of carbonyl (C=O) groups excluding carboxylic acids is 1. The van der Waals surface area contributed by atoms with E-state index in [2.05, 4.69) is 9.82 Å². The van der Waals surface area contributed by atoms with Crippen LogP contribution in [0.4, 0.5) is 5.69 Å². The number of rotatable bonds is 6. The van der Waals surface area contributed by atoms with E-state index in [9.17, 15) is 21.6 Å². The molecule has 0 radical (unpaired) electrons. The van der Waals surface area contributed by atoms with Crippen LogP contribution in [0.2, 0.25) is 5.02 Å². The Balaban J connectivity index is 1.63. The second kappa shape index (κ2) is 8.99. The van der Waals surface area contributed by atoms with E-state index in [0.717, 1.165) is 5.56 Å². The van der Waals surface area contributed by atoms with Crippen LogP contribution in [-0.4, -0.2) is 32.5 Å². The zero-order valence-electron chi connectivity index (χ0n) is 19.0. The molecule has 37 heavy (non-hydrogen) atoms. The van der Waals surface area contributed by atoms with Crippen molar-refractivity contribution in [2.75, 3.05) is 4.72 Å². The Morgan fingerprint density at radius 1 is 0.946 bits per heavy atom. The lowest BCUT2D eigenvalue weighted by atomic mass is 9.88. The van der Waals surface area contributed by atoms with E-state index in [1.165, 1.54) is 41.1 Å². The summed E-state index contributed by atoms with van der Waals surface area (Å²) < 4.78 is 53.3. The molecule has 4 aromatic rings. The van der Waals surface area contributed by atoms with E-state index >= 15 is 0 Å². The van der Waals surface area contributed by atoms with Gasteiger partial charge in [0.15, 0.2) is 5.69 Å². The summed E-state index contributed by atoms with van der Waals surface area (Å²) in [6.07, 6.45) is 1.07. The van der Waals surface area contributed by atoms with Crippen molar-refractivity contribution in [1.29, 1.82) is 0 Å². The number of primary sulfonamides is 1. The first-order chi connectivity index (χ1) is 17.4. The number of amides is 1. The van der Waals surface area contributed by atoms with E-state index in [4.69, 9.17) is 22.5 Å². The Bertz CT molecular complexity index is 1780. The highest BCUT2D eigenvalue weighted by Gasteiger charge is 2.29. The van der Waals surface area contributed by atoms with Gasteiger partial charge < -0.3 is 5.73 Å². The van der Waals surface area contributed by atoms with Crippen molar-refractivity contribution >= 4 is 43.2 Å². The summed E-state index contributed by atoms with van der Waals surface area (Å²) >= 11 is 5.96. The average Bonchev–Trinajstić information content (AvgIpc) is 3.24. The molecule has 5 rings (SSSR count). The number of primary amides is 1. The minimum atomic E-state index is -3.93. The van der Waals surface area contributed by atoms with Crippen molar-refractivity contribution < 1.29 is 21.6 Å². The molecule has 10 nitrogen and oxygen atoms in total. The summed E-state index contributed by atoms with van der Waals surface area (Å²) in [5, 5.41) is 9.91. The second-order valence-corrected chi connectivity index (χ2v) is 12.1. The molecule has 1 aliphatic rings. The van der Waals surface area contributed by atoms with Crippen LogP contribution in [0.1, 0.15) is 21.6 Å². The molecule has 1 amide bonds. The fourth-order valence-electron chi connectivity index (χ4n) is 4.31. The van der Waals surface area contributed by atoms with E-state index in [1.54, 1.807) is 30.3 Å². The summed E-state index contributed by atoms with van der Waals surface area (Å²) in [7, 11) is -7.83. The van der Waals surface area contributed by atoms with Gasteiger partial charge >= 0.3 is 0 Å². The quantitative estimate of drug-likeness (QED) is 0.329. The van der Waals surface area contributed by atoms with Crippen LogP contribution in [0.15, 0.2) is 76.5 Å². The number of hydrogen-bond donors (Lipinski definition) is 3. The van der Waals surface area contributed by atoms with Crippen molar-refractivity contribution in [2.45, 2.75) is 22.6 Å². The number of halogens is 1. The number of carbonyl (C=O) groups is 1. The van der Waals surface area contributed by atoms with Gasteiger partial charge in [-0.05, 0) is 73.0 Å². The molecule has 0 saturated heterocycles. The van der Waals surface area contributed by atoms with E-state index in [0.29, 0.717) is 41.0 Å². The minimum Gasteiger partial charge on any atom is -0.364 e. The zero-order valence-corrected chi connectivity index (χ0v) is 21.4. The molecular weight excluding hydrogens is 538 g/mol. The second-order valence-electron chi connectivity index (χ2n) is 8.43. The number of nitrogens with two attached hydrogens (primary N) is 2. The normalized spacial score (nSPS) is 13.0. The van der Waals surface area contributed by atoms with Crippen molar-refractivity contribution in [2.24, 2.45) is 10.9 Å². The first-order valence-electron chi connectivity index (χ1n) is 10.9. The lowest BCUT2D eigenvalue weighted by Crippen LogP contribution is -2.16. The van der Waals surface area contributed by atoms with E-state index in [-0.39, 0.29) is 20.5 Å². The van der Waals surface area contributed by atoms with Crippen LogP contribution in [0.3, 0.4) is 0 Å². The molecule has 0 spiro atoms. The van der Waals surface area contributed by atoms with Crippen LogP contribution in [0.25, 0.3) is 16.9 Å². The highest BCUT2D eigenvalue weighted by Crippen LogP contribution is 2.38. The minimum absolute atomic E-state index is 0.00871. The van der Waals surface area contributed by atoms with Gasteiger partial charge in [-0.25, -0.2) is 26.7 Å². The fraction of sp³-hybridized carbons (Fsp3) is 0.0833. The number of sulfonamides is 2. The number of aromatic nitrogens is 2. The van der Waals surface area contributed by atoms with Crippen molar-refractivity contribution in [3.8, 4) is 16.9 Å². The molecule has 13 heteroatoms. The third-order valence-corrected chi connectivity index (χ3v) is 8.54. The van der Waals surface area contributed by atoms with Crippen LogP contribution in [-0.2, 0) is 32.9 Å². The molecule has 1 aromatic heterocycles. The molecule has 0 unspecified atom stereocenters. The third-order valence-electron chi connectivity index (χ3n) is 5.99. The molecule has 0 bridgehead atoms. The molecule has 0 fully saturated rings. The van der Waals surface area contributed by atoms with E-state index in [1.807, 2.05) is 0 Å². The Kier molecular flexibility index (Phi) is 6.07. The zero-order chi connectivity index (χ0) is 26.5. The number of nitrogens with one attached hydrogen (secondary N) is 1. The van der Waals surface area contributed by atoms with Gasteiger partial charge in [-0.15, -0.1) is 0 Å². The van der Waals surface area contributed by atoms with Crippen LogP contribution >= 0.6 is 11.6 Å². The van der Waals surface area contributed by atoms with E-state index < -0.39 is 26.0 Å². The van der Waals surface area contributed by atoms with Gasteiger partial charge in [-0.3, -0.25) is 9.52 Å². The van der Waals surface area contributed by atoms with Gasteiger partial charge in [0.1, 0.15) is 0 Å². The van der Waals surface area contributed by atoms with Gasteiger partial charge in [0, 0.05) is 21.8 Å². The lowest BCUT2D eigenvalue weighted by molar-refractivity contribution is 0.0994. The number of benzene rings is 3. The first-order valence-corrected chi connectivity index (χ1v) is 14.3. The summed E-state index contributed by atoms with van der Waals surface area (Å²) in [6, 6.07) is 16.7. The maximum atomic E-state index is 13.0. The summed E-state index contributed by atoms with van der Waals surface area (Å²) in [6.45, 7) is 0. The summed E-state index contributed by atoms with van der Waals surface area (Å²) in [5.41, 5.74) is 9.20. The smallest absolute Gasteiger partial charge is 0.269 e. The Hall–Kier alpha value is -3.71. The van der Waals surface area contributed by atoms with Crippen molar-refractivity contribution in [1.82, 2.24) is 9.78 Å². The number of fused-ring (bicyclic) bond motifs is 3. The standard InChI is InChI=1S/C24H20ClN5O5S2/c25-15-2-1-3-19(12-15)37(34,35)29-16-6-4-14-5-11-20-22(24(26)31)28-30(23(20)21(14)13-16)17-7-9-18(10-8-17)36(27,32)33/h1-4,6-10,12-13,29H,5,11H2,(H2,26,31)(H2,27,32,33). The monoisotopic (exact) mass is 557 g/mol. The Labute approximate surface area is 218 Å². The number of anilines is 1. The SMILES string of the molecule is NC(=O)c1nn(-c2ccc(S(N)(=O)=O)cc2)c2c1CCc1ccc(NS(=O)(=O)c3cccc(Cl)c3)cc1-2. The largest absolute Gasteiger partial charge is 0.364 e. The Morgan fingerprint density at radius 2 is 1.68 bits per heavy atom. The van der Waals surface area contributed by atoms with Crippen LogP contribution in [0, 0.1) is 0 Å². The molecule has 3 aromatic carbocycles. The maximum absolute atomic E-state index is 13.0. The van der Waals surface area contributed by atoms with Crippen LogP contribution < -0.4 is 15.6 Å². The molecule has 1 aliphatic carbocycles.